The van der Waals surface area contributed by atoms with Crippen LogP contribution in [0.5, 0.6) is 0 Å². The lowest BCUT2D eigenvalue weighted by atomic mass is 10.0. The molecule has 35 heavy (non-hydrogen) atoms. The highest BCUT2D eigenvalue weighted by atomic mass is 32.2. The van der Waals surface area contributed by atoms with Gasteiger partial charge in [0.05, 0.1) is 15.9 Å². The van der Waals surface area contributed by atoms with Crippen molar-refractivity contribution >= 4 is 48.9 Å². The summed E-state index contributed by atoms with van der Waals surface area (Å²) in [6, 6.07) is 7.40. The Morgan fingerprint density at radius 2 is 1.80 bits per heavy atom. The molecule has 1 aromatic carbocycles. The maximum absolute atomic E-state index is 12.0. The number of hydrogen-bond donors (Lipinski definition) is 3. The van der Waals surface area contributed by atoms with E-state index in [4.69, 9.17) is 0 Å². The summed E-state index contributed by atoms with van der Waals surface area (Å²) >= 11 is 1.36. The number of aromatic nitrogens is 4. The third-order valence-corrected chi connectivity index (χ3v) is 7.34. The number of hydrogen-bond acceptors (Lipinski definition) is 8. The topological polar surface area (TPSA) is 142 Å². The summed E-state index contributed by atoms with van der Waals surface area (Å²) < 4.78 is 28.3. The monoisotopic (exact) mass is 512 g/mol. The fourth-order valence-electron chi connectivity index (χ4n) is 3.11. The zero-order valence-corrected chi connectivity index (χ0v) is 21.2. The Kier molecular flexibility index (Phi) is 6.91. The van der Waals surface area contributed by atoms with Gasteiger partial charge in [0.25, 0.3) is 0 Å². The summed E-state index contributed by atoms with van der Waals surface area (Å²) in [4.78, 5) is 29.5. The molecule has 3 heterocycles. The number of anilines is 2. The van der Waals surface area contributed by atoms with Crippen LogP contribution in [0.4, 0.5) is 15.9 Å². The number of amides is 2. The van der Waals surface area contributed by atoms with Crippen molar-refractivity contribution in [2.75, 3.05) is 30.7 Å². The zero-order chi connectivity index (χ0) is 25.2. The van der Waals surface area contributed by atoms with Crippen LogP contribution in [0.25, 0.3) is 32.6 Å². The second-order valence-electron chi connectivity index (χ2n) is 7.78. The van der Waals surface area contributed by atoms with Crippen LogP contribution in [-0.2, 0) is 10.2 Å². The highest BCUT2D eigenvalue weighted by Gasteiger charge is 2.17. The molecule has 0 fully saturated rings. The van der Waals surface area contributed by atoms with Crippen LogP contribution in [-0.4, -0.2) is 59.3 Å². The van der Waals surface area contributed by atoms with Crippen LogP contribution in [0.15, 0.2) is 42.9 Å². The van der Waals surface area contributed by atoms with E-state index in [1.165, 1.54) is 37.8 Å². The molecule has 4 rings (SSSR count). The van der Waals surface area contributed by atoms with E-state index in [2.05, 4.69) is 35.3 Å². The lowest BCUT2D eigenvalue weighted by molar-refractivity contribution is 0.252. The van der Waals surface area contributed by atoms with E-state index >= 15 is 0 Å². The van der Waals surface area contributed by atoms with Crippen LogP contribution in [0, 0.1) is 6.92 Å². The zero-order valence-electron chi connectivity index (χ0n) is 19.5. The Bertz CT molecular complexity index is 1470. The van der Waals surface area contributed by atoms with Crippen LogP contribution >= 0.6 is 11.3 Å². The maximum atomic E-state index is 12.0. The number of rotatable bonds is 7. The molecular formula is C22H24N8O3S2. The van der Waals surface area contributed by atoms with Gasteiger partial charge in [-0.25, -0.2) is 24.5 Å². The first-order chi connectivity index (χ1) is 16.7. The second-order valence-corrected chi connectivity index (χ2v) is 10.7. The fourth-order valence-corrected chi connectivity index (χ4v) is 4.59. The van der Waals surface area contributed by atoms with Crippen LogP contribution < -0.4 is 15.4 Å². The summed E-state index contributed by atoms with van der Waals surface area (Å²) in [6.45, 7) is 4.30. The summed E-state index contributed by atoms with van der Waals surface area (Å²) in [7, 11) is -0.889. The number of aryl methyl sites for hydroxylation is 1. The minimum atomic E-state index is -3.71. The molecule has 0 atom stereocenters. The molecule has 0 aliphatic rings. The summed E-state index contributed by atoms with van der Waals surface area (Å²) in [5.41, 5.74) is 4.75. The maximum Gasteiger partial charge on any atom is 0.321 e. The lowest BCUT2D eigenvalue weighted by Gasteiger charge is -2.12. The van der Waals surface area contributed by atoms with Crippen molar-refractivity contribution in [2.45, 2.75) is 13.8 Å². The third kappa shape index (κ3) is 5.53. The van der Waals surface area contributed by atoms with E-state index in [0.717, 1.165) is 31.4 Å². The molecule has 0 unspecified atom stereocenters. The molecule has 0 radical (unpaired) electrons. The predicted molar refractivity (Wildman–Crippen MR) is 138 cm³/mol. The largest absolute Gasteiger partial charge is 0.338 e. The number of urea groups is 1. The number of pyridine rings is 1. The van der Waals surface area contributed by atoms with E-state index in [1.807, 2.05) is 38.1 Å². The van der Waals surface area contributed by atoms with Crippen molar-refractivity contribution in [3.05, 3.63) is 48.4 Å². The average Bonchev–Trinajstić information content (AvgIpc) is 3.21. The van der Waals surface area contributed by atoms with Gasteiger partial charge in [0, 0.05) is 50.4 Å². The molecule has 13 heteroatoms. The van der Waals surface area contributed by atoms with Crippen molar-refractivity contribution < 1.29 is 13.2 Å². The second kappa shape index (κ2) is 9.90. The predicted octanol–water partition coefficient (Wildman–Crippen LogP) is 3.48. The van der Waals surface area contributed by atoms with Crippen LogP contribution in [0.3, 0.4) is 0 Å². The molecule has 4 aromatic rings. The van der Waals surface area contributed by atoms with E-state index < -0.39 is 10.2 Å². The number of carbonyl (C=O) groups is 1. The molecule has 3 N–H and O–H groups in total. The van der Waals surface area contributed by atoms with Gasteiger partial charge >= 0.3 is 16.2 Å². The highest BCUT2D eigenvalue weighted by molar-refractivity contribution is 7.90. The molecule has 2 amide bonds. The molecule has 0 bridgehead atoms. The molecule has 182 valence electrons. The van der Waals surface area contributed by atoms with Gasteiger partial charge in [0.1, 0.15) is 0 Å². The molecule has 0 aliphatic carbocycles. The molecule has 0 aliphatic heterocycles. The summed E-state index contributed by atoms with van der Waals surface area (Å²) in [6.07, 6.45) is 4.86. The quantitative estimate of drug-likeness (QED) is 0.344. The molecule has 3 aromatic heterocycles. The van der Waals surface area contributed by atoms with E-state index in [-0.39, 0.29) is 12.0 Å². The van der Waals surface area contributed by atoms with Crippen molar-refractivity contribution in [1.82, 2.24) is 29.6 Å². The third-order valence-electron chi connectivity index (χ3n) is 4.92. The number of carbonyl (C=O) groups excluding carboxylic acids is 1. The normalized spacial score (nSPS) is 11.6. The van der Waals surface area contributed by atoms with Gasteiger partial charge in [-0.05, 0) is 43.2 Å². The molecule has 11 nitrogen and oxygen atoms in total. The Morgan fingerprint density at radius 1 is 1.06 bits per heavy atom. The Morgan fingerprint density at radius 3 is 2.43 bits per heavy atom. The van der Waals surface area contributed by atoms with Crippen LogP contribution in [0.2, 0.25) is 0 Å². The lowest BCUT2D eigenvalue weighted by Crippen LogP contribution is -2.29. The summed E-state index contributed by atoms with van der Waals surface area (Å²) in [5, 5.41) is 5.91. The van der Waals surface area contributed by atoms with Gasteiger partial charge in [-0.2, -0.15) is 12.7 Å². The van der Waals surface area contributed by atoms with Crippen molar-refractivity contribution in [3.8, 4) is 22.4 Å². The first kappa shape index (κ1) is 24.4. The number of nitrogens with zero attached hydrogens (tertiary/aromatic N) is 5. The average molecular weight is 513 g/mol. The molecule has 0 spiro atoms. The van der Waals surface area contributed by atoms with Crippen molar-refractivity contribution in [3.63, 3.8) is 0 Å². The fraction of sp³-hybridized carbons (Fsp3) is 0.227. The standard InChI is InChI=1S/C22H24N8O3S2/c1-5-23-21(31)28-22-27-18-9-14(8-16(19(18)34-22)17-7-6-13(2)10-24-17)15-11-25-20(26-12-15)29-35(32,33)30(3)4/h6-12H,5H2,1-4H3,(H,25,26,29)(H2,23,27,28,31). The SMILES string of the molecule is CCNC(=O)Nc1nc2cc(-c3cnc(NS(=O)(=O)N(C)C)nc3)cc(-c3ccc(C)cn3)c2s1. The van der Waals surface area contributed by atoms with Crippen molar-refractivity contribution in [1.29, 1.82) is 0 Å². The Balaban J connectivity index is 1.76. The van der Waals surface area contributed by atoms with Crippen molar-refractivity contribution in [2.24, 2.45) is 0 Å². The van der Waals surface area contributed by atoms with Gasteiger partial charge in [0.15, 0.2) is 5.13 Å². The minimum Gasteiger partial charge on any atom is -0.338 e. The number of nitrogens with one attached hydrogen (secondary N) is 3. The minimum absolute atomic E-state index is 0.0361. The van der Waals surface area contributed by atoms with E-state index in [1.54, 1.807) is 6.20 Å². The molecule has 0 saturated carbocycles. The number of thiazole rings is 1. The highest BCUT2D eigenvalue weighted by Crippen LogP contribution is 2.38. The van der Waals surface area contributed by atoms with Gasteiger partial charge in [-0.1, -0.05) is 17.4 Å². The summed E-state index contributed by atoms with van der Waals surface area (Å²) in [5.74, 6) is -0.0361. The van der Waals surface area contributed by atoms with Gasteiger partial charge in [-0.15, -0.1) is 0 Å². The van der Waals surface area contributed by atoms with E-state index in [9.17, 15) is 13.2 Å². The Labute approximate surface area is 206 Å². The smallest absolute Gasteiger partial charge is 0.321 e. The van der Waals surface area contributed by atoms with Gasteiger partial charge in [-0.3, -0.25) is 10.3 Å². The Hall–Kier alpha value is -3.68. The number of benzene rings is 1. The van der Waals surface area contributed by atoms with Crippen LogP contribution in [0.1, 0.15) is 12.5 Å². The molecular weight excluding hydrogens is 488 g/mol. The molecule has 0 saturated heterocycles. The number of fused-ring (bicyclic) bond motifs is 1. The van der Waals surface area contributed by atoms with Gasteiger partial charge in [0.2, 0.25) is 5.95 Å². The van der Waals surface area contributed by atoms with E-state index in [0.29, 0.717) is 22.8 Å². The first-order valence-electron chi connectivity index (χ1n) is 10.6. The van der Waals surface area contributed by atoms with Gasteiger partial charge < -0.3 is 5.32 Å². The first-order valence-corrected chi connectivity index (χ1v) is 12.9.